The highest BCUT2D eigenvalue weighted by molar-refractivity contribution is 5.67. The quantitative estimate of drug-likeness (QED) is 0.660. The second-order valence-electron chi connectivity index (χ2n) is 3.60. The summed E-state index contributed by atoms with van der Waals surface area (Å²) in [5.41, 5.74) is 0. The van der Waals surface area contributed by atoms with Gasteiger partial charge in [0.15, 0.2) is 0 Å². The third-order valence-corrected chi connectivity index (χ3v) is 2.44. The fourth-order valence-electron chi connectivity index (χ4n) is 1.78. The predicted molar refractivity (Wildman–Crippen MR) is 52.4 cm³/mol. The molecule has 0 aromatic carbocycles. The van der Waals surface area contributed by atoms with Crippen LogP contribution in [0.25, 0.3) is 0 Å². The van der Waals surface area contributed by atoms with Crippen LogP contribution in [0, 0.1) is 11.8 Å². The van der Waals surface area contributed by atoms with Crippen molar-refractivity contribution in [3.05, 3.63) is 24.8 Å². The van der Waals surface area contributed by atoms with Gasteiger partial charge in [0.2, 0.25) is 0 Å². The standard InChI is InChI=1S/C11H16O2/c1-2-3-4-9-5-6-10(7-9)8-11(12)13/h2,5-6,9-10H,1,3-4,7-8H2,(H,12,13)/t9-,10-/m1/s1. The number of aliphatic carboxylic acids is 1. The molecule has 2 heteroatoms. The van der Waals surface area contributed by atoms with Gasteiger partial charge in [0.25, 0.3) is 0 Å². The molecule has 0 saturated carbocycles. The van der Waals surface area contributed by atoms with Crippen LogP contribution in [0.4, 0.5) is 0 Å². The van der Waals surface area contributed by atoms with Crippen molar-refractivity contribution in [3.8, 4) is 0 Å². The van der Waals surface area contributed by atoms with E-state index in [1.807, 2.05) is 12.2 Å². The lowest BCUT2D eigenvalue weighted by Gasteiger charge is -2.08. The first-order valence-corrected chi connectivity index (χ1v) is 4.73. The molecule has 13 heavy (non-hydrogen) atoms. The van der Waals surface area contributed by atoms with Gasteiger partial charge < -0.3 is 5.11 Å². The molecule has 72 valence electrons. The summed E-state index contributed by atoms with van der Waals surface area (Å²) in [4.78, 5) is 10.4. The summed E-state index contributed by atoms with van der Waals surface area (Å²) in [6, 6.07) is 0. The predicted octanol–water partition coefficient (Wildman–Crippen LogP) is 2.62. The summed E-state index contributed by atoms with van der Waals surface area (Å²) in [7, 11) is 0. The summed E-state index contributed by atoms with van der Waals surface area (Å²) in [5, 5.41) is 8.59. The number of hydrogen-bond donors (Lipinski definition) is 1. The van der Waals surface area contributed by atoms with Crippen molar-refractivity contribution in [2.45, 2.75) is 25.7 Å². The molecule has 1 N–H and O–H groups in total. The molecule has 0 fully saturated rings. The molecule has 0 unspecified atom stereocenters. The maximum atomic E-state index is 10.4. The SMILES string of the molecule is C=CCC[C@@H]1C=C[C@@H](CC(=O)O)C1. The molecule has 0 aromatic rings. The molecule has 0 aromatic heterocycles. The number of carbonyl (C=O) groups is 1. The third kappa shape index (κ3) is 3.45. The lowest BCUT2D eigenvalue weighted by atomic mass is 9.97. The Kier molecular flexibility index (Phi) is 3.74. The van der Waals surface area contributed by atoms with Gasteiger partial charge in [-0.05, 0) is 31.1 Å². The third-order valence-electron chi connectivity index (χ3n) is 2.44. The lowest BCUT2D eigenvalue weighted by Crippen LogP contribution is -2.04. The van der Waals surface area contributed by atoms with E-state index in [-0.39, 0.29) is 12.3 Å². The van der Waals surface area contributed by atoms with E-state index in [4.69, 9.17) is 5.11 Å². The van der Waals surface area contributed by atoms with E-state index in [9.17, 15) is 4.79 Å². The molecule has 0 bridgehead atoms. The maximum Gasteiger partial charge on any atom is 0.303 e. The smallest absolute Gasteiger partial charge is 0.303 e. The molecule has 2 nitrogen and oxygen atoms in total. The van der Waals surface area contributed by atoms with E-state index in [0.29, 0.717) is 5.92 Å². The van der Waals surface area contributed by atoms with Gasteiger partial charge in [-0.15, -0.1) is 6.58 Å². The summed E-state index contributed by atoms with van der Waals surface area (Å²) in [6.45, 7) is 3.67. The van der Waals surface area contributed by atoms with Crippen molar-refractivity contribution in [2.75, 3.05) is 0 Å². The molecule has 0 radical (unpaired) electrons. The van der Waals surface area contributed by atoms with Gasteiger partial charge in [0, 0.05) is 0 Å². The molecule has 0 saturated heterocycles. The molecular formula is C11H16O2. The van der Waals surface area contributed by atoms with Crippen LogP contribution in [0.1, 0.15) is 25.7 Å². The zero-order valence-electron chi connectivity index (χ0n) is 7.78. The largest absolute Gasteiger partial charge is 0.481 e. The van der Waals surface area contributed by atoms with Crippen molar-refractivity contribution in [2.24, 2.45) is 11.8 Å². The fourth-order valence-corrected chi connectivity index (χ4v) is 1.78. The highest BCUT2D eigenvalue weighted by atomic mass is 16.4. The Morgan fingerprint density at radius 1 is 1.54 bits per heavy atom. The minimum atomic E-state index is -0.695. The Bertz CT molecular complexity index is 218. The Hall–Kier alpha value is -1.05. The topological polar surface area (TPSA) is 37.3 Å². The van der Waals surface area contributed by atoms with Crippen molar-refractivity contribution in [1.29, 1.82) is 0 Å². The van der Waals surface area contributed by atoms with Crippen molar-refractivity contribution in [1.82, 2.24) is 0 Å². The minimum absolute atomic E-state index is 0.257. The monoisotopic (exact) mass is 180 g/mol. The second kappa shape index (κ2) is 4.85. The number of rotatable bonds is 5. The first-order valence-electron chi connectivity index (χ1n) is 4.73. The van der Waals surface area contributed by atoms with Gasteiger partial charge >= 0.3 is 5.97 Å². The first kappa shape index (κ1) is 10.0. The Balaban J connectivity index is 2.25. The van der Waals surface area contributed by atoms with Crippen molar-refractivity contribution >= 4 is 5.97 Å². The number of carboxylic acids is 1. The molecule has 2 atom stereocenters. The Labute approximate surface area is 79.0 Å². The highest BCUT2D eigenvalue weighted by Gasteiger charge is 2.20. The van der Waals surface area contributed by atoms with Crippen LogP contribution >= 0.6 is 0 Å². The summed E-state index contributed by atoms with van der Waals surface area (Å²) >= 11 is 0. The zero-order valence-corrected chi connectivity index (χ0v) is 7.78. The van der Waals surface area contributed by atoms with Gasteiger partial charge in [0.05, 0.1) is 6.42 Å². The number of carboxylic acid groups (broad SMARTS) is 1. The molecule has 1 rings (SSSR count). The normalized spacial score (nSPS) is 26.2. The van der Waals surface area contributed by atoms with Crippen LogP contribution in [-0.4, -0.2) is 11.1 Å². The van der Waals surface area contributed by atoms with E-state index in [1.54, 1.807) is 0 Å². The van der Waals surface area contributed by atoms with Gasteiger partial charge in [0.1, 0.15) is 0 Å². The summed E-state index contributed by atoms with van der Waals surface area (Å²) in [5.74, 6) is 0.133. The lowest BCUT2D eigenvalue weighted by molar-refractivity contribution is -0.137. The van der Waals surface area contributed by atoms with Gasteiger partial charge in [-0.3, -0.25) is 4.79 Å². The molecule has 1 aliphatic carbocycles. The number of allylic oxidation sites excluding steroid dienone is 3. The van der Waals surface area contributed by atoms with Crippen LogP contribution in [0.2, 0.25) is 0 Å². The van der Waals surface area contributed by atoms with Gasteiger partial charge in [-0.2, -0.15) is 0 Å². The molecule has 1 aliphatic rings. The van der Waals surface area contributed by atoms with Crippen molar-refractivity contribution in [3.63, 3.8) is 0 Å². The van der Waals surface area contributed by atoms with Crippen LogP contribution < -0.4 is 0 Å². The Morgan fingerprint density at radius 2 is 2.23 bits per heavy atom. The minimum Gasteiger partial charge on any atom is -0.481 e. The summed E-state index contributed by atoms with van der Waals surface area (Å²) in [6.07, 6.45) is 9.52. The van der Waals surface area contributed by atoms with E-state index < -0.39 is 5.97 Å². The summed E-state index contributed by atoms with van der Waals surface area (Å²) < 4.78 is 0. The van der Waals surface area contributed by atoms with Gasteiger partial charge in [-0.25, -0.2) is 0 Å². The zero-order chi connectivity index (χ0) is 9.68. The molecular weight excluding hydrogens is 164 g/mol. The van der Waals surface area contributed by atoms with E-state index in [1.165, 1.54) is 0 Å². The van der Waals surface area contributed by atoms with E-state index >= 15 is 0 Å². The Morgan fingerprint density at radius 3 is 2.85 bits per heavy atom. The second-order valence-corrected chi connectivity index (χ2v) is 3.60. The maximum absolute atomic E-state index is 10.4. The van der Waals surface area contributed by atoms with Crippen LogP contribution in [-0.2, 0) is 4.79 Å². The highest BCUT2D eigenvalue weighted by Crippen LogP contribution is 2.29. The van der Waals surface area contributed by atoms with Gasteiger partial charge in [-0.1, -0.05) is 18.2 Å². The van der Waals surface area contributed by atoms with E-state index in [0.717, 1.165) is 19.3 Å². The average molecular weight is 180 g/mol. The van der Waals surface area contributed by atoms with Crippen molar-refractivity contribution < 1.29 is 9.90 Å². The molecule has 0 heterocycles. The van der Waals surface area contributed by atoms with Crippen LogP contribution in [0.3, 0.4) is 0 Å². The van der Waals surface area contributed by atoms with Crippen LogP contribution in [0.5, 0.6) is 0 Å². The molecule has 0 aliphatic heterocycles. The molecule has 0 amide bonds. The first-order chi connectivity index (χ1) is 6.22. The average Bonchev–Trinajstić information content (AvgIpc) is 2.48. The fraction of sp³-hybridized carbons (Fsp3) is 0.545. The molecule has 0 spiro atoms. The van der Waals surface area contributed by atoms with E-state index in [2.05, 4.69) is 12.7 Å². The number of hydrogen-bond acceptors (Lipinski definition) is 1. The van der Waals surface area contributed by atoms with Crippen LogP contribution in [0.15, 0.2) is 24.8 Å².